The average Bonchev–Trinajstić information content (AvgIpc) is 3.51. The molecule has 1 fully saturated rings. The molecule has 1 aromatic carbocycles. The van der Waals surface area contributed by atoms with Gasteiger partial charge in [0.15, 0.2) is 0 Å². The van der Waals surface area contributed by atoms with Gasteiger partial charge in [-0.25, -0.2) is 8.42 Å². The predicted molar refractivity (Wildman–Crippen MR) is 114 cm³/mol. The van der Waals surface area contributed by atoms with Gasteiger partial charge in [0.05, 0.1) is 25.0 Å². The van der Waals surface area contributed by atoms with E-state index in [0.29, 0.717) is 24.3 Å². The van der Waals surface area contributed by atoms with Crippen LogP contribution in [0, 0.1) is 0 Å². The standard InChI is InChI=1S/C21H23N5O4S/c1-30-19-8-7-15(12-20(19)31(28,29)26-10-4-5-11-26)17-13-18(25-24-17)21(27)23-14-16-6-2-3-9-22-16/h2-3,6-9,12-13H,4-5,10-11,14H2,1H3,(H,23,27)(H,24,25). The number of benzene rings is 1. The number of hydrogen-bond acceptors (Lipinski definition) is 6. The second kappa shape index (κ2) is 8.86. The normalized spacial score (nSPS) is 14.5. The summed E-state index contributed by atoms with van der Waals surface area (Å²) in [6, 6.07) is 11.9. The highest BCUT2D eigenvalue weighted by atomic mass is 32.2. The summed E-state index contributed by atoms with van der Waals surface area (Å²) in [6.07, 6.45) is 3.35. The maximum atomic E-state index is 13.1. The molecule has 9 nitrogen and oxygen atoms in total. The molecule has 3 aromatic rings. The Balaban J connectivity index is 1.56. The van der Waals surface area contributed by atoms with Crippen LogP contribution in [-0.4, -0.2) is 54.0 Å². The lowest BCUT2D eigenvalue weighted by Crippen LogP contribution is -2.28. The van der Waals surface area contributed by atoms with Gasteiger partial charge in [0.2, 0.25) is 10.0 Å². The Morgan fingerprint density at radius 3 is 2.71 bits per heavy atom. The van der Waals surface area contributed by atoms with Crippen molar-refractivity contribution in [2.24, 2.45) is 0 Å². The van der Waals surface area contributed by atoms with Crippen LogP contribution in [0.1, 0.15) is 29.0 Å². The lowest BCUT2D eigenvalue weighted by Gasteiger charge is -2.18. The summed E-state index contributed by atoms with van der Waals surface area (Å²) in [5, 5.41) is 9.67. The van der Waals surface area contributed by atoms with Crippen molar-refractivity contribution in [3.8, 4) is 17.0 Å². The molecule has 10 heteroatoms. The highest BCUT2D eigenvalue weighted by Crippen LogP contribution is 2.32. The molecule has 2 aromatic heterocycles. The highest BCUT2D eigenvalue weighted by Gasteiger charge is 2.30. The first kappa shape index (κ1) is 21.0. The van der Waals surface area contributed by atoms with E-state index in [1.807, 2.05) is 12.1 Å². The Morgan fingerprint density at radius 1 is 1.19 bits per heavy atom. The maximum absolute atomic E-state index is 13.1. The van der Waals surface area contributed by atoms with E-state index in [1.165, 1.54) is 17.5 Å². The van der Waals surface area contributed by atoms with Crippen LogP contribution in [0.4, 0.5) is 0 Å². The number of pyridine rings is 1. The largest absolute Gasteiger partial charge is 0.495 e. The number of nitrogens with one attached hydrogen (secondary N) is 2. The molecule has 1 saturated heterocycles. The number of H-pyrrole nitrogens is 1. The zero-order valence-electron chi connectivity index (χ0n) is 17.0. The van der Waals surface area contributed by atoms with Crippen LogP contribution in [0.5, 0.6) is 5.75 Å². The monoisotopic (exact) mass is 441 g/mol. The van der Waals surface area contributed by atoms with E-state index in [1.54, 1.807) is 30.5 Å². The smallest absolute Gasteiger partial charge is 0.269 e. The summed E-state index contributed by atoms with van der Waals surface area (Å²) in [5.41, 5.74) is 2.04. The second-order valence-electron chi connectivity index (χ2n) is 7.15. The molecule has 1 amide bonds. The van der Waals surface area contributed by atoms with Gasteiger partial charge < -0.3 is 10.1 Å². The zero-order valence-corrected chi connectivity index (χ0v) is 17.9. The fourth-order valence-electron chi connectivity index (χ4n) is 3.46. The first-order valence-electron chi connectivity index (χ1n) is 9.91. The highest BCUT2D eigenvalue weighted by molar-refractivity contribution is 7.89. The number of aromatic amines is 1. The molecule has 3 heterocycles. The van der Waals surface area contributed by atoms with E-state index in [9.17, 15) is 13.2 Å². The Morgan fingerprint density at radius 2 is 2.00 bits per heavy atom. The molecule has 2 N–H and O–H groups in total. The molecule has 0 spiro atoms. The van der Waals surface area contributed by atoms with Crippen molar-refractivity contribution in [2.45, 2.75) is 24.3 Å². The van der Waals surface area contributed by atoms with E-state index >= 15 is 0 Å². The van der Waals surface area contributed by atoms with Gasteiger partial charge in [-0.2, -0.15) is 9.40 Å². The third-order valence-corrected chi connectivity index (χ3v) is 7.04. The molecular formula is C21H23N5O4S. The van der Waals surface area contributed by atoms with Crippen molar-refractivity contribution in [1.82, 2.24) is 24.8 Å². The number of sulfonamides is 1. The molecule has 31 heavy (non-hydrogen) atoms. The fourth-order valence-corrected chi connectivity index (χ4v) is 5.16. The Hall–Kier alpha value is -3.24. The van der Waals surface area contributed by atoms with Crippen LogP contribution in [0.3, 0.4) is 0 Å². The molecular weight excluding hydrogens is 418 g/mol. The molecule has 1 aliphatic rings. The minimum Gasteiger partial charge on any atom is -0.495 e. The predicted octanol–water partition coefficient (Wildman–Crippen LogP) is 2.19. The fraction of sp³-hybridized carbons (Fsp3) is 0.286. The van der Waals surface area contributed by atoms with E-state index in [0.717, 1.165) is 18.5 Å². The van der Waals surface area contributed by atoms with Gasteiger partial charge in [-0.1, -0.05) is 6.07 Å². The zero-order chi connectivity index (χ0) is 21.8. The van der Waals surface area contributed by atoms with E-state index in [4.69, 9.17) is 4.74 Å². The summed E-state index contributed by atoms with van der Waals surface area (Å²) < 4.78 is 32.9. The van der Waals surface area contributed by atoms with Gasteiger partial charge in [0, 0.05) is 24.8 Å². The molecule has 162 valence electrons. The third-order valence-electron chi connectivity index (χ3n) is 5.12. The number of carbonyl (C=O) groups excluding carboxylic acids is 1. The molecule has 0 atom stereocenters. The number of methoxy groups -OCH3 is 1. The molecule has 0 aliphatic carbocycles. The van der Waals surface area contributed by atoms with Gasteiger partial charge in [0.1, 0.15) is 16.3 Å². The molecule has 0 bridgehead atoms. The number of carbonyl (C=O) groups is 1. The number of hydrogen-bond donors (Lipinski definition) is 2. The van der Waals surface area contributed by atoms with Crippen molar-refractivity contribution in [2.75, 3.05) is 20.2 Å². The number of ether oxygens (including phenoxy) is 1. The van der Waals surface area contributed by atoms with E-state index < -0.39 is 10.0 Å². The minimum atomic E-state index is -3.68. The summed E-state index contributed by atoms with van der Waals surface area (Å²) in [7, 11) is -2.24. The Bertz CT molecular complexity index is 1170. The summed E-state index contributed by atoms with van der Waals surface area (Å²) in [4.78, 5) is 16.7. The van der Waals surface area contributed by atoms with Gasteiger partial charge in [-0.05, 0) is 49.2 Å². The number of nitrogens with zero attached hydrogens (tertiary/aromatic N) is 3. The second-order valence-corrected chi connectivity index (χ2v) is 9.05. The first-order valence-corrected chi connectivity index (χ1v) is 11.3. The summed E-state index contributed by atoms with van der Waals surface area (Å²) in [5.74, 6) is -0.0534. The quantitative estimate of drug-likeness (QED) is 0.580. The van der Waals surface area contributed by atoms with Crippen LogP contribution in [0.15, 0.2) is 53.6 Å². The minimum absolute atomic E-state index is 0.0959. The maximum Gasteiger partial charge on any atom is 0.269 e. The van der Waals surface area contributed by atoms with Gasteiger partial charge in [0.25, 0.3) is 5.91 Å². The van der Waals surface area contributed by atoms with Crippen molar-refractivity contribution in [3.63, 3.8) is 0 Å². The lowest BCUT2D eigenvalue weighted by molar-refractivity contribution is 0.0945. The van der Waals surface area contributed by atoms with Crippen LogP contribution < -0.4 is 10.1 Å². The van der Waals surface area contributed by atoms with Crippen molar-refractivity contribution in [1.29, 1.82) is 0 Å². The third kappa shape index (κ3) is 4.44. The van der Waals surface area contributed by atoms with E-state index in [2.05, 4.69) is 20.5 Å². The van der Waals surface area contributed by atoms with Gasteiger partial charge in [-0.3, -0.25) is 14.9 Å². The Labute approximate surface area is 180 Å². The Kier molecular flexibility index (Phi) is 6.01. The van der Waals surface area contributed by atoms with Gasteiger partial charge in [-0.15, -0.1) is 0 Å². The van der Waals surface area contributed by atoms with Crippen molar-refractivity contribution < 1.29 is 17.9 Å². The molecule has 0 radical (unpaired) electrons. The van der Waals surface area contributed by atoms with Gasteiger partial charge >= 0.3 is 0 Å². The number of rotatable bonds is 7. The average molecular weight is 442 g/mol. The van der Waals surface area contributed by atoms with Crippen LogP contribution in [0.25, 0.3) is 11.3 Å². The van der Waals surface area contributed by atoms with Crippen LogP contribution >= 0.6 is 0 Å². The van der Waals surface area contributed by atoms with Crippen molar-refractivity contribution in [3.05, 3.63) is 60.0 Å². The summed E-state index contributed by atoms with van der Waals surface area (Å²) in [6.45, 7) is 1.28. The van der Waals surface area contributed by atoms with Crippen molar-refractivity contribution >= 4 is 15.9 Å². The number of amides is 1. The summed E-state index contributed by atoms with van der Waals surface area (Å²) >= 11 is 0. The SMILES string of the molecule is COc1ccc(-c2cc(C(=O)NCc3ccccn3)[nH]n2)cc1S(=O)(=O)N1CCCC1. The van der Waals surface area contributed by atoms with E-state index in [-0.39, 0.29) is 28.8 Å². The first-order chi connectivity index (χ1) is 15.0. The van der Waals surface area contributed by atoms with Crippen LogP contribution in [-0.2, 0) is 16.6 Å². The molecule has 0 unspecified atom stereocenters. The number of aromatic nitrogens is 3. The lowest BCUT2D eigenvalue weighted by atomic mass is 10.1. The topological polar surface area (TPSA) is 117 Å². The molecule has 1 aliphatic heterocycles. The van der Waals surface area contributed by atoms with Crippen LogP contribution in [0.2, 0.25) is 0 Å². The molecule has 0 saturated carbocycles. The molecule has 4 rings (SSSR count).